The Morgan fingerprint density at radius 3 is 2.57 bits per heavy atom. The van der Waals surface area contributed by atoms with Gasteiger partial charge < -0.3 is 19.5 Å². The minimum Gasteiger partial charge on any atom is -0.490 e. The first kappa shape index (κ1) is 18.3. The molecule has 1 aliphatic heterocycles. The summed E-state index contributed by atoms with van der Waals surface area (Å²) >= 11 is 0. The third-order valence-corrected chi connectivity index (χ3v) is 5.62. The quantitative estimate of drug-likeness (QED) is 0.827. The molecule has 0 aromatic heterocycles. The van der Waals surface area contributed by atoms with E-state index in [2.05, 4.69) is 6.07 Å². The van der Waals surface area contributed by atoms with Crippen LogP contribution in [0.15, 0.2) is 42.5 Å². The maximum Gasteiger partial charge on any atom is 0.341 e. The monoisotopic (exact) mass is 381 g/mol. The smallest absolute Gasteiger partial charge is 0.341 e. The summed E-state index contributed by atoms with van der Waals surface area (Å²) in [5.74, 6) is -0.456. The molecule has 1 N–H and O–H groups in total. The lowest BCUT2D eigenvalue weighted by molar-refractivity contribution is -0.139. The number of carbonyl (C=O) groups excluding carboxylic acids is 1. The summed E-state index contributed by atoms with van der Waals surface area (Å²) in [5.41, 5.74) is 2.84. The van der Waals surface area contributed by atoms with Crippen LogP contribution in [0.1, 0.15) is 42.1 Å². The molecule has 0 radical (unpaired) electrons. The first-order valence-corrected chi connectivity index (χ1v) is 9.57. The molecule has 0 bridgehead atoms. The third kappa shape index (κ3) is 3.09. The molecule has 1 fully saturated rings. The molecule has 1 amide bonds. The van der Waals surface area contributed by atoms with E-state index < -0.39 is 12.6 Å². The molecule has 1 saturated carbocycles. The van der Waals surface area contributed by atoms with Crippen molar-refractivity contribution in [3.8, 4) is 11.5 Å². The molecule has 0 saturated heterocycles. The number of aliphatic carboxylic acids is 1. The van der Waals surface area contributed by atoms with E-state index in [9.17, 15) is 9.59 Å². The number of ether oxygens (including phenoxy) is 2. The van der Waals surface area contributed by atoms with Gasteiger partial charge in [0.15, 0.2) is 18.1 Å². The highest BCUT2D eigenvalue weighted by Crippen LogP contribution is 2.52. The first-order chi connectivity index (χ1) is 13.5. The molecule has 1 heterocycles. The van der Waals surface area contributed by atoms with Crippen molar-refractivity contribution in [2.24, 2.45) is 0 Å². The fraction of sp³-hybridized carbons (Fsp3) is 0.364. The normalized spacial score (nSPS) is 16.4. The van der Waals surface area contributed by atoms with Gasteiger partial charge in [-0.15, -0.1) is 0 Å². The second-order valence-corrected chi connectivity index (χ2v) is 7.32. The third-order valence-electron chi connectivity index (χ3n) is 5.62. The number of para-hydroxylation sites is 1. The van der Waals surface area contributed by atoms with Crippen LogP contribution in [0.3, 0.4) is 0 Å². The summed E-state index contributed by atoms with van der Waals surface area (Å²) in [6.45, 7) is 2.45. The number of benzene rings is 2. The second-order valence-electron chi connectivity index (χ2n) is 7.32. The Labute approximate surface area is 163 Å². The number of hydrogen-bond donors (Lipinski definition) is 1. The maximum absolute atomic E-state index is 13.3. The molecule has 6 heteroatoms. The van der Waals surface area contributed by atoms with Crippen LogP contribution >= 0.6 is 0 Å². The SMILES string of the molecule is CCOc1cc(C(=O)N2CC3(CCC3)c3ccccc32)ccc1OCC(=O)O. The van der Waals surface area contributed by atoms with Crippen molar-refractivity contribution in [1.29, 1.82) is 0 Å². The molecular weight excluding hydrogens is 358 g/mol. The fourth-order valence-electron chi connectivity index (χ4n) is 4.17. The number of fused-ring (bicyclic) bond motifs is 2. The van der Waals surface area contributed by atoms with Crippen molar-refractivity contribution in [2.45, 2.75) is 31.6 Å². The molecule has 0 atom stereocenters. The molecule has 1 aliphatic carbocycles. The van der Waals surface area contributed by atoms with E-state index in [0.29, 0.717) is 30.2 Å². The van der Waals surface area contributed by atoms with Gasteiger partial charge in [0.25, 0.3) is 5.91 Å². The summed E-state index contributed by atoms with van der Waals surface area (Å²) < 4.78 is 10.9. The van der Waals surface area contributed by atoms with Crippen molar-refractivity contribution in [3.63, 3.8) is 0 Å². The predicted octanol–water partition coefficient (Wildman–Crippen LogP) is 3.63. The molecular formula is C22H23NO5. The highest BCUT2D eigenvalue weighted by Gasteiger charge is 2.48. The number of nitrogens with zero attached hydrogens (tertiary/aromatic N) is 1. The Morgan fingerprint density at radius 1 is 1.11 bits per heavy atom. The van der Waals surface area contributed by atoms with E-state index in [-0.39, 0.29) is 11.3 Å². The van der Waals surface area contributed by atoms with Crippen LogP contribution in [-0.2, 0) is 10.2 Å². The number of carboxylic acid groups (broad SMARTS) is 1. The topological polar surface area (TPSA) is 76.1 Å². The Morgan fingerprint density at radius 2 is 1.89 bits per heavy atom. The average molecular weight is 381 g/mol. The molecule has 6 nitrogen and oxygen atoms in total. The number of carbonyl (C=O) groups is 2. The molecule has 1 spiro atoms. The van der Waals surface area contributed by atoms with E-state index in [1.807, 2.05) is 30.0 Å². The Kier molecular flexibility index (Phi) is 4.71. The van der Waals surface area contributed by atoms with Crippen molar-refractivity contribution in [2.75, 3.05) is 24.7 Å². The summed E-state index contributed by atoms with van der Waals surface area (Å²) in [6, 6.07) is 13.0. The molecule has 28 heavy (non-hydrogen) atoms. The van der Waals surface area contributed by atoms with Crippen LogP contribution in [0.4, 0.5) is 5.69 Å². The van der Waals surface area contributed by atoms with Gasteiger partial charge in [-0.25, -0.2) is 4.79 Å². The van der Waals surface area contributed by atoms with Crippen LogP contribution in [0.2, 0.25) is 0 Å². The van der Waals surface area contributed by atoms with Gasteiger partial charge in [0.2, 0.25) is 0 Å². The summed E-state index contributed by atoms with van der Waals surface area (Å²) in [6.07, 6.45) is 3.42. The van der Waals surface area contributed by atoms with Gasteiger partial charge >= 0.3 is 5.97 Å². The van der Waals surface area contributed by atoms with Crippen molar-refractivity contribution in [3.05, 3.63) is 53.6 Å². The largest absolute Gasteiger partial charge is 0.490 e. The van der Waals surface area contributed by atoms with E-state index in [0.717, 1.165) is 18.5 Å². The highest BCUT2D eigenvalue weighted by molar-refractivity contribution is 6.08. The van der Waals surface area contributed by atoms with Gasteiger partial charge in [-0.05, 0) is 49.6 Å². The molecule has 2 aromatic carbocycles. The Hall–Kier alpha value is -3.02. The van der Waals surface area contributed by atoms with Gasteiger partial charge in [0.05, 0.1) is 6.61 Å². The van der Waals surface area contributed by atoms with E-state index in [1.54, 1.807) is 18.2 Å². The molecule has 2 aliphatic rings. The van der Waals surface area contributed by atoms with Crippen LogP contribution in [0, 0.1) is 0 Å². The molecule has 4 rings (SSSR count). The standard InChI is InChI=1S/C22H23NO5/c1-2-27-19-12-15(8-9-18(19)28-13-20(24)25)21(26)23-14-22(10-5-11-22)16-6-3-4-7-17(16)23/h3-4,6-9,12H,2,5,10-11,13-14H2,1H3,(H,24,25). The maximum atomic E-state index is 13.3. The van der Waals surface area contributed by atoms with E-state index >= 15 is 0 Å². The number of rotatable bonds is 6. The zero-order chi connectivity index (χ0) is 19.7. The Bertz CT molecular complexity index is 919. The van der Waals surface area contributed by atoms with Crippen LogP contribution in [-0.4, -0.2) is 36.7 Å². The van der Waals surface area contributed by atoms with Gasteiger partial charge in [-0.3, -0.25) is 4.79 Å². The summed E-state index contributed by atoms with van der Waals surface area (Å²) in [4.78, 5) is 25.9. The predicted molar refractivity (Wildman–Crippen MR) is 104 cm³/mol. The zero-order valence-corrected chi connectivity index (χ0v) is 15.8. The molecule has 2 aromatic rings. The number of amides is 1. The van der Waals surface area contributed by atoms with Gasteiger partial charge in [-0.2, -0.15) is 0 Å². The number of anilines is 1. The van der Waals surface area contributed by atoms with Crippen molar-refractivity contribution < 1.29 is 24.2 Å². The van der Waals surface area contributed by atoms with Gasteiger partial charge in [-0.1, -0.05) is 24.6 Å². The lowest BCUT2D eigenvalue weighted by atomic mass is 9.66. The lowest BCUT2D eigenvalue weighted by Gasteiger charge is -2.39. The highest BCUT2D eigenvalue weighted by atomic mass is 16.5. The number of carboxylic acids is 1. The van der Waals surface area contributed by atoms with Crippen LogP contribution < -0.4 is 14.4 Å². The Balaban J connectivity index is 1.63. The lowest BCUT2D eigenvalue weighted by Crippen LogP contribution is -2.41. The second kappa shape index (κ2) is 7.19. The van der Waals surface area contributed by atoms with Crippen LogP contribution in [0.5, 0.6) is 11.5 Å². The average Bonchev–Trinajstić information content (AvgIpc) is 3.02. The minimum atomic E-state index is -1.07. The van der Waals surface area contributed by atoms with E-state index in [4.69, 9.17) is 14.6 Å². The van der Waals surface area contributed by atoms with Gasteiger partial charge in [0, 0.05) is 23.2 Å². The summed E-state index contributed by atoms with van der Waals surface area (Å²) in [5, 5.41) is 8.83. The zero-order valence-electron chi connectivity index (χ0n) is 15.8. The van der Waals surface area contributed by atoms with Crippen LogP contribution in [0.25, 0.3) is 0 Å². The van der Waals surface area contributed by atoms with E-state index in [1.165, 1.54) is 12.0 Å². The van der Waals surface area contributed by atoms with Crippen molar-refractivity contribution >= 4 is 17.6 Å². The van der Waals surface area contributed by atoms with Crippen molar-refractivity contribution in [1.82, 2.24) is 0 Å². The summed E-state index contributed by atoms with van der Waals surface area (Å²) in [7, 11) is 0. The minimum absolute atomic E-state index is 0.0815. The molecule has 0 unspecified atom stereocenters. The fourth-order valence-corrected chi connectivity index (χ4v) is 4.17. The molecule has 146 valence electrons. The first-order valence-electron chi connectivity index (χ1n) is 9.57. The van der Waals surface area contributed by atoms with Gasteiger partial charge in [0.1, 0.15) is 0 Å². The number of hydrogen-bond acceptors (Lipinski definition) is 4.